The molecule has 0 radical (unpaired) electrons. The van der Waals surface area contributed by atoms with Crippen molar-refractivity contribution in [3.05, 3.63) is 12.2 Å². The van der Waals surface area contributed by atoms with Crippen molar-refractivity contribution < 1.29 is 14.7 Å². The third-order valence-corrected chi connectivity index (χ3v) is 3.06. The van der Waals surface area contributed by atoms with Crippen LogP contribution in [0, 0.1) is 5.92 Å². The molecule has 5 heteroatoms. The average molecular weight is 245 g/mol. The van der Waals surface area contributed by atoms with E-state index in [1.54, 1.807) is 26.0 Å². The lowest BCUT2D eigenvalue weighted by Gasteiger charge is -2.13. The van der Waals surface area contributed by atoms with Crippen LogP contribution >= 0.6 is 11.8 Å². The van der Waals surface area contributed by atoms with E-state index in [9.17, 15) is 14.7 Å². The summed E-state index contributed by atoms with van der Waals surface area (Å²) in [7, 11) is 0. The fourth-order valence-corrected chi connectivity index (χ4v) is 1.82. The van der Waals surface area contributed by atoms with Gasteiger partial charge >= 0.3 is 0 Å². The largest absolute Gasteiger partial charge is 0.388 e. The Morgan fingerprint density at radius 2 is 2.12 bits per heavy atom. The van der Waals surface area contributed by atoms with Gasteiger partial charge in [-0.3, -0.25) is 9.59 Å². The van der Waals surface area contributed by atoms with Crippen LogP contribution in [0.2, 0.25) is 0 Å². The first-order chi connectivity index (χ1) is 7.49. The number of thioether (sulfide) groups is 1. The number of hydrogen-bond acceptors (Lipinski definition) is 4. The molecule has 0 fully saturated rings. The Kier molecular flexibility index (Phi) is 7.93. The fourth-order valence-electron chi connectivity index (χ4n) is 1.01. The molecule has 0 aromatic heterocycles. The molecule has 0 aliphatic carbocycles. The van der Waals surface area contributed by atoms with E-state index in [0.29, 0.717) is 12.3 Å². The molecule has 1 amide bonds. The van der Waals surface area contributed by atoms with Crippen molar-refractivity contribution in [2.75, 3.05) is 12.3 Å². The topological polar surface area (TPSA) is 66.4 Å². The number of rotatable bonds is 6. The summed E-state index contributed by atoms with van der Waals surface area (Å²) in [4.78, 5) is 22.1. The maximum Gasteiger partial charge on any atom is 0.216 e. The first-order valence-corrected chi connectivity index (χ1v) is 6.19. The molecule has 0 aromatic rings. The van der Waals surface area contributed by atoms with Gasteiger partial charge in [-0.15, -0.1) is 0 Å². The van der Waals surface area contributed by atoms with Crippen molar-refractivity contribution in [3.63, 3.8) is 0 Å². The van der Waals surface area contributed by atoms with E-state index < -0.39 is 12.0 Å². The molecule has 0 bridgehead atoms. The minimum Gasteiger partial charge on any atom is -0.388 e. The van der Waals surface area contributed by atoms with Gasteiger partial charge < -0.3 is 10.4 Å². The SMILES string of the molecule is C/C=C/[C@@H](O)[C@H](C)C(=O)SCCNC(C)=O. The number of aliphatic hydroxyl groups is 1. The quantitative estimate of drug-likeness (QED) is 0.540. The second-order valence-corrected chi connectivity index (χ2v) is 4.55. The molecule has 0 aliphatic heterocycles. The van der Waals surface area contributed by atoms with E-state index >= 15 is 0 Å². The minimum atomic E-state index is -0.731. The zero-order valence-corrected chi connectivity index (χ0v) is 10.7. The molecule has 92 valence electrons. The molecule has 4 nitrogen and oxygen atoms in total. The highest BCUT2D eigenvalue weighted by atomic mass is 32.2. The molecular formula is C11H19NO3S. The van der Waals surface area contributed by atoms with Crippen molar-refractivity contribution in [2.45, 2.75) is 26.9 Å². The van der Waals surface area contributed by atoms with E-state index in [2.05, 4.69) is 5.32 Å². The number of allylic oxidation sites excluding steroid dienone is 1. The number of carbonyl (C=O) groups is 2. The third kappa shape index (κ3) is 6.63. The van der Waals surface area contributed by atoms with Crippen LogP contribution in [0.1, 0.15) is 20.8 Å². The van der Waals surface area contributed by atoms with E-state index in [-0.39, 0.29) is 11.0 Å². The van der Waals surface area contributed by atoms with E-state index in [4.69, 9.17) is 0 Å². The molecule has 0 aromatic carbocycles. The van der Waals surface area contributed by atoms with Crippen molar-refractivity contribution >= 4 is 22.8 Å². The van der Waals surface area contributed by atoms with Gasteiger partial charge in [-0.05, 0) is 6.92 Å². The summed E-state index contributed by atoms with van der Waals surface area (Å²) >= 11 is 1.13. The Morgan fingerprint density at radius 1 is 1.50 bits per heavy atom. The molecular weight excluding hydrogens is 226 g/mol. The van der Waals surface area contributed by atoms with Crippen LogP contribution in [0.15, 0.2) is 12.2 Å². The van der Waals surface area contributed by atoms with E-state index in [0.717, 1.165) is 11.8 Å². The van der Waals surface area contributed by atoms with Gasteiger partial charge in [0.1, 0.15) is 0 Å². The summed E-state index contributed by atoms with van der Waals surface area (Å²) in [5, 5.41) is 12.1. The number of hydrogen-bond donors (Lipinski definition) is 2. The Labute approximate surface area is 100 Å². The highest BCUT2D eigenvalue weighted by Gasteiger charge is 2.19. The van der Waals surface area contributed by atoms with Crippen LogP contribution < -0.4 is 5.32 Å². The molecule has 16 heavy (non-hydrogen) atoms. The van der Waals surface area contributed by atoms with Crippen molar-refractivity contribution in [3.8, 4) is 0 Å². The predicted octanol–water partition coefficient (Wildman–Crippen LogP) is 0.955. The molecule has 0 heterocycles. The molecule has 0 rings (SSSR count). The monoisotopic (exact) mass is 245 g/mol. The number of amides is 1. The molecule has 2 N–H and O–H groups in total. The highest BCUT2D eigenvalue weighted by Crippen LogP contribution is 2.15. The average Bonchev–Trinajstić information content (AvgIpc) is 2.23. The Balaban J connectivity index is 3.83. The van der Waals surface area contributed by atoms with Crippen LogP contribution in [0.4, 0.5) is 0 Å². The van der Waals surface area contributed by atoms with Crippen molar-refractivity contribution in [1.82, 2.24) is 5.32 Å². The van der Waals surface area contributed by atoms with E-state index in [1.807, 2.05) is 0 Å². The molecule has 0 aliphatic rings. The second-order valence-electron chi connectivity index (χ2n) is 3.46. The summed E-state index contributed by atoms with van der Waals surface area (Å²) in [6, 6.07) is 0. The van der Waals surface area contributed by atoms with Crippen LogP contribution in [-0.2, 0) is 9.59 Å². The lowest BCUT2D eigenvalue weighted by molar-refractivity contribution is -0.119. The van der Waals surface area contributed by atoms with Gasteiger partial charge in [-0.25, -0.2) is 0 Å². The third-order valence-electron chi connectivity index (χ3n) is 1.99. The number of aliphatic hydroxyl groups excluding tert-OH is 1. The van der Waals surface area contributed by atoms with Crippen LogP contribution in [0.5, 0.6) is 0 Å². The van der Waals surface area contributed by atoms with Gasteiger partial charge in [0.05, 0.1) is 12.0 Å². The standard InChI is InChI=1S/C11H19NO3S/c1-4-5-10(14)8(2)11(15)16-7-6-12-9(3)13/h4-5,8,10,14H,6-7H2,1-3H3,(H,12,13)/b5-4+/t8-,10+/m0/s1. The van der Waals surface area contributed by atoms with Gasteiger partial charge in [-0.1, -0.05) is 30.8 Å². The fraction of sp³-hybridized carbons (Fsp3) is 0.636. The Hall–Kier alpha value is -0.810. The molecule has 0 spiro atoms. The lowest BCUT2D eigenvalue weighted by Crippen LogP contribution is -2.25. The zero-order chi connectivity index (χ0) is 12.6. The maximum atomic E-state index is 11.6. The van der Waals surface area contributed by atoms with Crippen LogP contribution in [0.3, 0.4) is 0 Å². The normalized spacial score (nSPS) is 14.8. The van der Waals surface area contributed by atoms with Gasteiger partial charge in [0.2, 0.25) is 5.91 Å². The van der Waals surface area contributed by atoms with Crippen molar-refractivity contribution in [2.24, 2.45) is 5.92 Å². The lowest BCUT2D eigenvalue weighted by atomic mass is 10.1. The van der Waals surface area contributed by atoms with Gasteiger partial charge in [-0.2, -0.15) is 0 Å². The first kappa shape index (κ1) is 15.2. The Bertz CT molecular complexity index is 266. The summed E-state index contributed by atoms with van der Waals surface area (Å²) < 4.78 is 0. The summed E-state index contributed by atoms with van der Waals surface area (Å²) in [6.45, 7) is 5.39. The van der Waals surface area contributed by atoms with Crippen LogP contribution in [-0.4, -0.2) is 34.5 Å². The van der Waals surface area contributed by atoms with Gasteiger partial charge in [0, 0.05) is 19.2 Å². The number of carbonyl (C=O) groups excluding carboxylic acids is 2. The maximum absolute atomic E-state index is 11.6. The predicted molar refractivity (Wildman–Crippen MR) is 66.1 cm³/mol. The van der Waals surface area contributed by atoms with E-state index in [1.165, 1.54) is 6.92 Å². The molecule has 0 unspecified atom stereocenters. The highest BCUT2D eigenvalue weighted by molar-refractivity contribution is 8.13. The number of nitrogens with one attached hydrogen (secondary N) is 1. The summed E-state index contributed by atoms with van der Waals surface area (Å²) in [6.07, 6.45) is 2.58. The van der Waals surface area contributed by atoms with Crippen molar-refractivity contribution in [1.29, 1.82) is 0 Å². The minimum absolute atomic E-state index is 0.0593. The summed E-state index contributed by atoms with van der Waals surface area (Å²) in [5.41, 5.74) is 0. The molecule has 2 atom stereocenters. The second kappa shape index (κ2) is 8.35. The zero-order valence-electron chi connectivity index (χ0n) is 9.90. The first-order valence-electron chi connectivity index (χ1n) is 5.21. The summed E-state index contributed by atoms with van der Waals surface area (Å²) in [5.74, 6) is 0.0132. The van der Waals surface area contributed by atoms with Crippen LogP contribution in [0.25, 0.3) is 0 Å². The Morgan fingerprint density at radius 3 is 2.62 bits per heavy atom. The smallest absolute Gasteiger partial charge is 0.216 e. The molecule has 0 saturated carbocycles. The van der Waals surface area contributed by atoms with Gasteiger partial charge in [0.15, 0.2) is 5.12 Å². The van der Waals surface area contributed by atoms with Gasteiger partial charge in [0.25, 0.3) is 0 Å². The molecule has 0 saturated heterocycles.